The summed E-state index contributed by atoms with van der Waals surface area (Å²) >= 11 is 0. The number of piperidine rings is 1. The average molecular weight is 526 g/mol. The van der Waals surface area contributed by atoms with E-state index < -0.39 is 80.7 Å². The van der Waals surface area contributed by atoms with Crippen LogP contribution in [-0.2, 0) is 4.79 Å². The van der Waals surface area contributed by atoms with Gasteiger partial charge in [0, 0.05) is 64.4 Å². The van der Waals surface area contributed by atoms with Crippen molar-refractivity contribution in [2.45, 2.75) is 114 Å². The summed E-state index contributed by atoms with van der Waals surface area (Å²) in [5, 5.41) is 8.23. The second kappa shape index (κ2) is 10.8. The van der Waals surface area contributed by atoms with Crippen molar-refractivity contribution in [2.75, 3.05) is 6.54 Å². The van der Waals surface area contributed by atoms with Gasteiger partial charge in [-0.25, -0.2) is 8.78 Å². The summed E-state index contributed by atoms with van der Waals surface area (Å²) in [5.74, 6) is -10.2. The average Bonchev–Trinajstić information content (AvgIpc) is 3.55. The maximum atomic E-state index is 13.9. The molecule has 5 rings (SSSR count). The predicted octanol–water partition coefficient (Wildman–Crippen LogP) is 5.95. The van der Waals surface area contributed by atoms with Crippen molar-refractivity contribution in [2.24, 2.45) is 5.89 Å². The number of rotatable bonds is 8. The van der Waals surface area contributed by atoms with Crippen LogP contribution in [0.15, 0.2) is 30.3 Å². The molecule has 1 aromatic carbocycles. The van der Waals surface area contributed by atoms with Crippen molar-refractivity contribution in [3.05, 3.63) is 47.5 Å². The molecule has 2 bridgehead atoms. The molecule has 1 aromatic heterocycles. The molecule has 1 N–H and O–H groups in total. The summed E-state index contributed by atoms with van der Waals surface area (Å²) in [5.41, 5.74) is 0.649. The molecule has 1 saturated carbocycles. The molecule has 2 saturated heterocycles. The lowest BCUT2D eigenvalue weighted by molar-refractivity contribution is -0.130. The number of carbonyl (C=O) groups excluding carboxylic acids is 1. The zero-order valence-electron chi connectivity index (χ0n) is 32.7. The highest BCUT2D eigenvalue weighted by molar-refractivity contribution is 5.79. The van der Waals surface area contributed by atoms with Crippen molar-refractivity contribution < 1.29 is 30.1 Å². The number of aryl methyl sites for hydroxylation is 1. The normalized spacial score (nSPS) is 33.8. The lowest BCUT2D eigenvalue weighted by Crippen LogP contribution is -2.45. The van der Waals surface area contributed by atoms with E-state index in [1.807, 2.05) is 0 Å². The number of hydrogen-bond acceptors (Lipinski definition) is 4. The molecule has 37 heavy (non-hydrogen) atoms. The molecule has 0 radical (unpaired) electrons. The summed E-state index contributed by atoms with van der Waals surface area (Å²) in [6.45, 7) is -9.27. The number of aromatic nitrogens is 3. The molecule has 6 nitrogen and oxygen atoms in total. The smallest absolute Gasteiger partial charge is 0.248 e. The third-order valence-electron chi connectivity index (χ3n) is 8.15. The first-order chi connectivity index (χ1) is 22.5. The van der Waals surface area contributed by atoms with Gasteiger partial charge in [-0.15, -0.1) is 10.2 Å². The van der Waals surface area contributed by atoms with Crippen molar-refractivity contribution in [3.8, 4) is 0 Å². The van der Waals surface area contributed by atoms with Crippen LogP contribution in [0.3, 0.4) is 0 Å². The maximum absolute atomic E-state index is 13.9. The summed E-state index contributed by atoms with van der Waals surface area (Å²) in [6.07, 6.45) is 0.337. The third-order valence-corrected chi connectivity index (χ3v) is 8.15. The lowest BCUT2D eigenvalue weighted by atomic mass is 9.86. The van der Waals surface area contributed by atoms with Gasteiger partial charge in [0.25, 0.3) is 0 Å². The minimum absolute atomic E-state index is 0.168. The molecular formula is C29H41F2N5O. The Morgan fingerprint density at radius 1 is 1.16 bits per heavy atom. The fourth-order valence-corrected chi connectivity index (χ4v) is 6.25. The molecule has 3 heterocycles. The van der Waals surface area contributed by atoms with Gasteiger partial charge in [-0.3, -0.25) is 9.69 Å². The highest BCUT2D eigenvalue weighted by atomic mass is 19.3. The van der Waals surface area contributed by atoms with Crippen LogP contribution < -0.4 is 5.31 Å². The van der Waals surface area contributed by atoms with E-state index in [0.717, 1.165) is 9.88 Å². The first-order valence-corrected chi connectivity index (χ1v) is 13.0. The van der Waals surface area contributed by atoms with Crippen LogP contribution in [0.2, 0.25) is 1.41 Å². The Bertz CT molecular complexity index is 1460. The molecular weight excluding hydrogens is 472 g/mol. The second-order valence-electron chi connectivity index (χ2n) is 10.4. The molecule has 1 amide bonds. The first kappa shape index (κ1) is 15.3. The van der Waals surface area contributed by atoms with Crippen molar-refractivity contribution in [3.63, 3.8) is 0 Å². The number of nitrogens with zero attached hydrogens (tertiary/aromatic N) is 4. The topological polar surface area (TPSA) is 63.1 Å². The summed E-state index contributed by atoms with van der Waals surface area (Å²) < 4.78 is 127. The van der Waals surface area contributed by atoms with E-state index in [1.165, 1.54) is 0 Å². The third kappa shape index (κ3) is 5.74. The molecule has 0 spiro atoms. The van der Waals surface area contributed by atoms with E-state index in [1.54, 1.807) is 30.3 Å². The fourth-order valence-electron chi connectivity index (χ4n) is 6.25. The Morgan fingerprint density at radius 3 is 2.51 bits per heavy atom. The van der Waals surface area contributed by atoms with Crippen molar-refractivity contribution >= 4 is 5.91 Å². The number of carbonyl (C=O) groups is 1. The van der Waals surface area contributed by atoms with Crippen LogP contribution in [0, 0.1) is 12.7 Å². The molecule has 2 aromatic rings. The minimum atomic E-state index is -3.39. The van der Waals surface area contributed by atoms with E-state index in [2.05, 4.69) is 15.1 Å². The van der Waals surface area contributed by atoms with E-state index >= 15 is 0 Å². The molecule has 1 aliphatic carbocycles. The number of alkyl halides is 2. The Morgan fingerprint density at radius 2 is 1.86 bits per heavy atom. The van der Waals surface area contributed by atoms with Gasteiger partial charge in [0.2, 0.25) is 11.8 Å². The number of nitrogens with one attached hydrogen (secondary N) is 1. The lowest BCUT2D eigenvalue weighted by Gasteiger charge is -2.40. The fraction of sp³-hybridized carbons (Fsp3) is 0.690. The number of halogens is 2. The van der Waals surface area contributed by atoms with E-state index in [-0.39, 0.29) is 44.2 Å². The number of hydrogen-bond donors (Lipinski definition) is 1. The Kier molecular flexibility index (Phi) is 4.46. The standard InChI is InChI=1S/C29H41F2N5O/c1-19(2)27-34-33-20(3)36(27)25-17-23-9-10-24(18-25)35(23)16-13-26(21-7-5-4-6-8-21)32-28(37)22-11-14-29(30,31)15-12-22/h4-8,19,22-26H,9-18H2,1-3H3,(H,32,37)/i1D3,2D3,3D3,19D,22D/hD. The largest absolute Gasteiger partial charge is 0.349 e. The summed E-state index contributed by atoms with van der Waals surface area (Å²) in [4.78, 5) is 15.7. The summed E-state index contributed by atoms with van der Waals surface area (Å²) in [6, 6.07) is 7.00. The quantitative estimate of drug-likeness (QED) is 0.463. The van der Waals surface area contributed by atoms with Crippen LogP contribution in [-0.4, -0.2) is 50.1 Å². The van der Waals surface area contributed by atoms with Crippen LogP contribution in [0.5, 0.6) is 0 Å². The number of fused-ring (bicyclic) bond motifs is 2. The van der Waals surface area contributed by atoms with E-state index in [4.69, 9.17) is 16.5 Å². The minimum Gasteiger partial charge on any atom is -0.349 e. The SMILES string of the molecule is [2H]N(C(=O)C1([2H])CCC(F)(F)CC1)C(CCN1C2CCC1CC(n1c(C([2H])([2H])[2H])nnc1C([2H])(C([2H])([2H])[2H])C([2H])([2H])[2H])C2)c1ccccc1. The van der Waals surface area contributed by atoms with Crippen LogP contribution >= 0.6 is 0 Å². The molecule has 3 fully saturated rings. The highest BCUT2D eigenvalue weighted by Crippen LogP contribution is 2.42. The van der Waals surface area contributed by atoms with Gasteiger partial charge in [-0.05, 0) is 57.4 Å². The van der Waals surface area contributed by atoms with Crippen molar-refractivity contribution in [1.82, 2.24) is 25.0 Å². The van der Waals surface area contributed by atoms with E-state index in [9.17, 15) is 13.6 Å². The Labute approximate surface area is 236 Å². The predicted molar refractivity (Wildman–Crippen MR) is 139 cm³/mol. The zero-order valence-corrected chi connectivity index (χ0v) is 20.7. The molecule has 3 unspecified atom stereocenters. The summed E-state index contributed by atoms with van der Waals surface area (Å²) in [7, 11) is 0. The van der Waals surface area contributed by atoms with Crippen molar-refractivity contribution in [1.29, 1.82) is 0 Å². The monoisotopic (exact) mass is 525 g/mol. The molecule has 3 aliphatic rings. The van der Waals surface area contributed by atoms with E-state index in [0.29, 0.717) is 24.9 Å². The first-order valence-electron chi connectivity index (χ1n) is 18.9. The Balaban J connectivity index is 1.40. The van der Waals surface area contributed by atoms with Gasteiger partial charge < -0.3 is 9.88 Å². The van der Waals surface area contributed by atoms with Gasteiger partial charge in [-0.1, -0.05) is 44.0 Å². The maximum Gasteiger partial charge on any atom is 0.248 e. The number of benzene rings is 1. The second-order valence-corrected chi connectivity index (χ2v) is 10.4. The van der Waals surface area contributed by atoms with Gasteiger partial charge in [0.15, 0.2) is 1.41 Å². The molecule has 202 valence electrons. The zero-order chi connectivity index (χ0) is 36.4. The van der Waals surface area contributed by atoms with Gasteiger partial charge >= 0.3 is 0 Å². The molecule has 8 heteroatoms. The van der Waals surface area contributed by atoms with Crippen LogP contribution in [0.1, 0.15) is 122 Å². The molecule has 3 atom stereocenters. The van der Waals surface area contributed by atoms with Crippen LogP contribution in [0.25, 0.3) is 0 Å². The van der Waals surface area contributed by atoms with Gasteiger partial charge in [0.05, 0.1) is 6.04 Å². The Hall–Kier alpha value is -2.35. The highest BCUT2D eigenvalue weighted by Gasteiger charge is 2.42. The van der Waals surface area contributed by atoms with Crippen LogP contribution in [0.4, 0.5) is 8.78 Å². The van der Waals surface area contributed by atoms with Gasteiger partial charge in [0.1, 0.15) is 11.6 Å². The number of amides is 1. The molecule has 2 aliphatic heterocycles. The van der Waals surface area contributed by atoms with Gasteiger partial charge in [-0.2, -0.15) is 0 Å².